The van der Waals surface area contributed by atoms with Crippen LogP contribution >= 0.6 is 0 Å². The van der Waals surface area contributed by atoms with E-state index in [-0.39, 0.29) is 36.0 Å². The first-order valence-electron chi connectivity index (χ1n) is 13.7. The Morgan fingerprint density at radius 1 is 0.652 bits per heavy atom. The van der Waals surface area contributed by atoms with E-state index in [1.54, 1.807) is 0 Å². The van der Waals surface area contributed by atoms with Crippen LogP contribution in [-0.2, 0) is 19.1 Å². The molecule has 0 radical (unpaired) electrons. The molecule has 0 fully saturated rings. The summed E-state index contributed by atoms with van der Waals surface area (Å²) in [6.45, 7) is 3.81. The lowest BCUT2D eigenvalue weighted by Crippen LogP contribution is -2.26. The number of nitrogens with one attached hydrogen (secondary N) is 2. The molecule has 0 atom stereocenters. The fourth-order valence-corrected chi connectivity index (χ4v) is 3.46. The molecule has 0 spiro atoms. The SMILES string of the molecule is CCCCOC(=O)CC(=N/Nc1ccc([N+](=O)[O-])cc1[N+](=O)[O-])/C(CC(=O)OCCCC)=N\Nc1ccc([N+](=O)[O-])cc1[N+](=O)[O-]. The van der Waals surface area contributed by atoms with Gasteiger partial charge in [-0.15, -0.1) is 0 Å². The number of esters is 2. The van der Waals surface area contributed by atoms with Gasteiger partial charge in [-0.1, -0.05) is 26.7 Å². The van der Waals surface area contributed by atoms with Crippen molar-refractivity contribution < 1.29 is 38.8 Å². The molecule has 2 aromatic carbocycles. The largest absolute Gasteiger partial charge is 0.465 e. The first kappa shape index (κ1) is 36.1. The van der Waals surface area contributed by atoms with Crippen molar-refractivity contribution in [1.29, 1.82) is 0 Å². The van der Waals surface area contributed by atoms with Gasteiger partial charge in [-0.2, -0.15) is 10.2 Å². The lowest BCUT2D eigenvalue weighted by molar-refractivity contribution is -0.393. The zero-order valence-electron chi connectivity index (χ0n) is 24.7. The van der Waals surface area contributed by atoms with Gasteiger partial charge in [0.05, 0.1) is 69.3 Å². The lowest BCUT2D eigenvalue weighted by Gasteiger charge is -2.12. The van der Waals surface area contributed by atoms with Crippen LogP contribution in [0.3, 0.4) is 0 Å². The third kappa shape index (κ3) is 11.2. The lowest BCUT2D eigenvalue weighted by atomic mass is 10.1. The number of hydrogen-bond acceptors (Lipinski definition) is 16. The summed E-state index contributed by atoms with van der Waals surface area (Å²) in [5, 5.41) is 53.5. The van der Waals surface area contributed by atoms with Crippen molar-refractivity contribution in [2.75, 3.05) is 24.1 Å². The molecule has 20 heteroatoms. The van der Waals surface area contributed by atoms with Gasteiger partial charge in [-0.3, -0.25) is 60.9 Å². The number of nitrogens with zero attached hydrogens (tertiary/aromatic N) is 6. The maximum Gasteiger partial charge on any atom is 0.312 e. The number of rotatable bonds is 19. The highest BCUT2D eigenvalue weighted by molar-refractivity contribution is 6.47. The summed E-state index contributed by atoms with van der Waals surface area (Å²) in [4.78, 5) is 67.4. The number of carbonyl (C=O) groups is 2. The molecule has 20 nitrogen and oxygen atoms in total. The average Bonchev–Trinajstić information content (AvgIpc) is 3.01. The van der Waals surface area contributed by atoms with Gasteiger partial charge in [-0.05, 0) is 25.0 Å². The second-order valence-corrected chi connectivity index (χ2v) is 9.27. The van der Waals surface area contributed by atoms with Gasteiger partial charge in [0.1, 0.15) is 11.4 Å². The van der Waals surface area contributed by atoms with Crippen molar-refractivity contribution in [3.05, 3.63) is 76.9 Å². The van der Waals surface area contributed by atoms with Gasteiger partial charge < -0.3 is 9.47 Å². The van der Waals surface area contributed by atoms with Gasteiger partial charge >= 0.3 is 23.3 Å². The summed E-state index contributed by atoms with van der Waals surface area (Å²) in [5.74, 6) is -1.67. The predicted octanol–water partition coefficient (Wildman–Crippen LogP) is 5.02. The number of non-ortho nitro benzene ring substituents is 2. The van der Waals surface area contributed by atoms with Crippen molar-refractivity contribution in [1.82, 2.24) is 0 Å². The zero-order valence-corrected chi connectivity index (χ0v) is 24.7. The minimum absolute atomic E-state index is 0.0443. The molecule has 0 amide bonds. The minimum atomic E-state index is -0.904. The Morgan fingerprint density at radius 3 is 1.33 bits per heavy atom. The Kier molecular flexibility index (Phi) is 14.1. The highest BCUT2D eigenvalue weighted by Gasteiger charge is 2.24. The standard InChI is InChI=1S/C26H30N8O12/c1-3-5-11-45-25(35)15-21(29-27-19-9-7-17(31(37)38)13-23(19)33(41)42)22(16-26(36)46-12-6-4-2)30-28-20-10-8-18(32(39)40)14-24(20)34(43)44/h7-10,13-14,27-28H,3-6,11-12,15-16H2,1-2H3/b29-21-,30-22-. The van der Waals surface area contributed by atoms with E-state index >= 15 is 0 Å². The molecule has 0 saturated carbocycles. The normalized spacial score (nSPS) is 11.3. The Morgan fingerprint density at radius 2 is 1.02 bits per heavy atom. The molecule has 0 heterocycles. The fourth-order valence-electron chi connectivity index (χ4n) is 3.46. The van der Waals surface area contributed by atoms with Gasteiger partial charge in [0.15, 0.2) is 0 Å². The van der Waals surface area contributed by atoms with E-state index in [1.807, 2.05) is 13.8 Å². The topological polar surface area (TPSA) is 274 Å². The maximum atomic E-state index is 12.7. The molecule has 46 heavy (non-hydrogen) atoms. The molecular formula is C26H30N8O12. The van der Waals surface area contributed by atoms with Crippen LogP contribution in [0.1, 0.15) is 52.4 Å². The first-order chi connectivity index (χ1) is 21.9. The Balaban J connectivity index is 2.63. The summed E-state index contributed by atoms with van der Waals surface area (Å²) in [6, 6.07) is 5.33. The van der Waals surface area contributed by atoms with E-state index < -0.39 is 67.2 Å². The average molecular weight is 647 g/mol. The Hall–Kier alpha value is -6.08. The number of hydrazone groups is 2. The molecule has 0 aliphatic heterocycles. The van der Waals surface area contributed by atoms with Crippen LogP contribution in [0.5, 0.6) is 0 Å². The summed E-state index contributed by atoms with van der Waals surface area (Å²) in [6.07, 6.45) is 1.16. The number of nitro groups is 4. The molecule has 0 saturated heterocycles. The van der Waals surface area contributed by atoms with E-state index in [2.05, 4.69) is 21.1 Å². The molecule has 0 aliphatic carbocycles. The van der Waals surface area contributed by atoms with Crippen LogP contribution in [0.15, 0.2) is 46.6 Å². The highest BCUT2D eigenvalue weighted by Crippen LogP contribution is 2.30. The molecule has 0 unspecified atom stereocenters. The summed E-state index contributed by atoms with van der Waals surface area (Å²) < 4.78 is 10.4. The highest BCUT2D eigenvalue weighted by atomic mass is 16.6. The van der Waals surface area contributed by atoms with Crippen molar-refractivity contribution in [3.8, 4) is 0 Å². The minimum Gasteiger partial charge on any atom is -0.465 e. The number of ether oxygens (including phenoxy) is 2. The molecule has 2 rings (SSSR count). The molecular weight excluding hydrogens is 616 g/mol. The molecule has 2 aromatic rings. The maximum absolute atomic E-state index is 12.7. The van der Waals surface area contributed by atoms with Crippen LogP contribution in [0, 0.1) is 40.5 Å². The van der Waals surface area contributed by atoms with Gasteiger partial charge in [0.2, 0.25) is 0 Å². The van der Waals surface area contributed by atoms with Crippen LogP contribution in [-0.4, -0.2) is 56.3 Å². The van der Waals surface area contributed by atoms with Crippen molar-refractivity contribution in [3.63, 3.8) is 0 Å². The molecule has 0 bridgehead atoms. The van der Waals surface area contributed by atoms with E-state index in [9.17, 15) is 50.0 Å². The fraction of sp³-hybridized carbons (Fsp3) is 0.385. The van der Waals surface area contributed by atoms with Crippen molar-refractivity contribution in [2.45, 2.75) is 52.4 Å². The van der Waals surface area contributed by atoms with Crippen LogP contribution in [0.25, 0.3) is 0 Å². The molecule has 0 aliphatic rings. The summed E-state index contributed by atoms with van der Waals surface area (Å²) in [7, 11) is 0. The van der Waals surface area contributed by atoms with Crippen molar-refractivity contribution in [2.24, 2.45) is 10.2 Å². The van der Waals surface area contributed by atoms with E-state index in [4.69, 9.17) is 9.47 Å². The predicted molar refractivity (Wildman–Crippen MR) is 163 cm³/mol. The number of unbranched alkanes of at least 4 members (excludes halogenated alkanes) is 2. The number of nitro benzene ring substituents is 4. The third-order valence-electron chi connectivity index (χ3n) is 5.88. The van der Waals surface area contributed by atoms with Crippen LogP contribution in [0.4, 0.5) is 34.1 Å². The second-order valence-electron chi connectivity index (χ2n) is 9.27. The number of benzene rings is 2. The van der Waals surface area contributed by atoms with E-state index in [0.29, 0.717) is 37.8 Å². The monoisotopic (exact) mass is 646 g/mol. The quantitative estimate of drug-likeness (QED) is 0.0666. The first-order valence-corrected chi connectivity index (χ1v) is 13.7. The smallest absolute Gasteiger partial charge is 0.312 e. The second kappa shape index (κ2) is 17.9. The van der Waals surface area contributed by atoms with E-state index in [0.717, 1.165) is 24.3 Å². The molecule has 2 N–H and O–H groups in total. The third-order valence-corrected chi connectivity index (χ3v) is 5.88. The molecule has 246 valence electrons. The number of carbonyl (C=O) groups excluding carboxylic acids is 2. The summed E-state index contributed by atoms with van der Waals surface area (Å²) >= 11 is 0. The number of hydrogen-bond donors (Lipinski definition) is 2. The van der Waals surface area contributed by atoms with Gasteiger partial charge in [-0.25, -0.2) is 0 Å². The Bertz CT molecular complexity index is 1430. The van der Waals surface area contributed by atoms with Gasteiger partial charge in [0.25, 0.3) is 11.4 Å². The summed E-state index contributed by atoms with van der Waals surface area (Å²) in [5.41, 5.74) is 0.805. The van der Waals surface area contributed by atoms with Gasteiger partial charge in [0, 0.05) is 12.1 Å². The Labute approximate surface area is 260 Å². The zero-order chi connectivity index (χ0) is 34.2. The number of anilines is 2. The van der Waals surface area contributed by atoms with Crippen molar-refractivity contribution >= 4 is 57.5 Å². The van der Waals surface area contributed by atoms with Crippen LogP contribution in [0.2, 0.25) is 0 Å². The van der Waals surface area contributed by atoms with E-state index in [1.165, 1.54) is 0 Å². The molecule has 0 aromatic heterocycles. The van der Waals surface area contributed by atoms with Crippen LogP contribution < -0.4 is 10.9 Å².